The predicted octanol–water partition coefficient (Wildman–Crippen LogP) is 2.33. The van der Waals surface area contributed by atoms with Crippen molar-refractivity contribution in [1.82, 2.24) is 0 Å². The van der Waals surface area contributed by atoms with E-state index in [0.29, 0.717) is 5.09 Å². The number of furan rings is 1. The number of halogens is 1. The van der Waals surface area contributed by atoms with Gasteiger partial charge in [-0.1, -0.05) is 0 Å². The van der Waals surface area contributed by atoms with Crippen molar-refractivity contribution in [1.29, 1.82) is 0 Å². The Bertz CT molecular complexity index is 144. The molecular weight excluding hydrogens is 176 g/mol. The minimum absolute atomic E-state index is 0.631. The molecule has 0 bridgehead atoms. The number of thiol groups is 1. The summed E-state index contributed by atoms with van der Waals surface area (Å²) in [5.74, 6) is 0. The van der Waals surface area contributed by atoms with Crippen LogP contribution in [0.15, 0.2) is 26.3 Å². The third-order valence-electron chi connectivity index (χ3n) is 0.559. The summed E-state index contributed by atoms with van der Waals surface area (Å²) in [7, 11) is 0. The molecule has 0 aliphatic carbocycles. The summed E-state index contributed by atoms with van der Waals surface area (Å²) in [6.45, 7) is 0. The van der Waals surface area contributed by atoms with Crippen LogP contribution in [0.2, 0.25) is 0 Å². The molecule has 1 nitrogen and oxygen atoms in total. The monoisotopic (exact) mass is 178 g/mol. The Kier molecular flexibility index (Phi) is 1.44. The first kappa shape index (κ1) is 5.25. The summed E-state index contributed by atoms with van der Waals surface area (Å²) in [5, 5.41) is 0.631. The molecule has 0 saturated heterocycles. The van der Waals surface area contributed by atoms with Gasteiger partial charge in [0, 0.05) is 0 Å². The van der Waals surface area contributed by atoms with E-state index in [4.69, 9.17) is 4.42 Å². The van der Waals surface area contributed by atoms with Gasteiger partial charge in [0.2, 0.25) is 0 Å². The van der Waals surface area contributed by atoms with Crippen molar-refractivity contribution in [3.8, 4) is 0 Å². The van der Waals surface area contributed by atoms with E-state index in [2.05, 4.69) is 28.6 Å². The van der Waals surface area contributed by atoms with E-state index in [0.717, 1.165) is 4.67 Å². The van der Waals surface area contributed by atoms with Crippen LogP contribution >= 0.6 is 28.6 Å². The highest BCUT2D eigenvalue weighted by Gasteiger charge is 1.88. The molecule has 0 spiro atoms. The molecule has 0 unspecified atom stereocenters. The number of rotatable bonds is 0. The standard InChI is InChI=1S/C4H3BrOS/c5-3-1-2-4(7)6-3/h1-2,7H. The topological polar surface area (TPSA) is 13.1 Å². The van der Waals surface area contributed by atoms with Crippen molar-refractivity contribution in [2.45, 2.75) is 5.09 Å². The van der Waals surface area contributed by atoms with Gasteiger partial charge in [0.05, 0.1) is 0 Å². The fourth-order valence-electron chi connectivity index (χ4n) is 0.305. The highest BCUT2D eigenvalue weighted by Crippen LogP contribution is 2.15. The van der Waals surface area contributed by atoms with E-state index in [9.17, 15) is 0 Å². The van der Waals surface area contributed by atoms with E-state index < -0.39 is 0 Å². The Balaban J connectivity index is 3.04. The molecule has 0 radical (unpaired) electrons. The second-order valence-corrected chi connectivity index (χ2v) is 2.30. The molecule has 0 aliphatic heterocycles. The Morgan fingerprint density at radius 2 is 2.29 bits per heavy atom. The van der Waals surface area contributed by atoms with Gasteiger partial charge in [-0.3, -0.25) is 0 Å². The molecule has 1 aromatic heterocycles. The van der Waals surface area contributed by atoms with Crippen LogP contribution < -0.4 is 0 Å². The lowest BCUT2D eigenvalue weighted by atomic mass is 10.7. The van der Waals surface area contributed by atoms with Gasteiger partial charge >= 0.3 is 0 Å². The van der Waals surface area contributed by atoms with Crippen LogP contribution in [0.3, 0.4) is 0 Å². The molecule has 1 rings (SSSR count). The fraction of sp³-hybridized carbons (Fsp3) is 0. The van der Waals surface area contributed by atoms with Crippen molar-refractivity contribution in [2.24, 2.45) is 0 Å². The largest absolute Gasteiger partial charge is 0.443 e. The van der Waals surface area contributed by atoms with Crippen molar-refractivity contribution < 1.29 is 4.42 Å². The summed E-state index contributed by atoms with van der Waals surface area (Å²) in [4.78, 5) is 0. The van der Waals surface area contributed by atoms with Crippen molar-refractivity contribution >= 4 is 28.6 Å². The minimum atomic E-state index is 0.631. The van der Waals surface area contributed by atoms with Gasteiger partial charge in [-0.25, -0.2) is 0 Å². The zero-order valence-electron chi connectivity index (χ0n) is 3.39. The lowest BCUT2D eigenvalue weighted by Crippen LogP contribution is -1.41. The van der Waals surface area contributed by atoms with Crippen LogP contribution in [0.25, 0.3) is 0 Å². The van der Waals surface area contributed by atoms with Gasteiger partial charge in [-0.2, -0.15) is 0 Å². The predicted molar refractivity (Wildman–Crippen MR) is 33.7 cm³/mol. The second-order valence-electron chi connectivity index (χ2n) is 1.08. The van der Waals surface area contributed by atoms with E-state index >= 15 is 0 Å². The Morgan fingerprint density at radius 3 is 2.43 bits per heavy atom. The number of hydrogen-bond acceptors (Lipinski definition) is 2. The summed E-state index contributed by atoms with van der Waals surface area (Å²) in [6, 6.07) is 3.57. The van der Waals surface area contributed by atoms with Crippen LogP contribution in [0.5, 0.6) is 0 Å². The summed E-state index contributed by atoms with van der Waals surface area (Å²) in [6.07, 6.45) is 0. The van der Waals surface area contributed by atoms with Crippen LogP contribution in [0.1, 0.15) is 0 Å². The third-order valence-corrected chi connectivity index (χ3v) is 1.23. The van der Waals surface area contributed by atoms with Crippen LogP contribution in [0.4, 0.5) is 0 Å². The molecule has 1 aromatic rings. The maximum absolute atomic E-state index is 4.86. The Morgan fingerprint density at radius 1 is 1.57 bits per heavy atom. The summed E-state index contributed by atoms with van der Waals surface area (Å²) < 4.78 is 5.58. The van der Waals surface area contributed by atoms with E-state index in [1.165, 1.54) is 0 Å². The average molecular weight is 179 g/mol. The average Bonchev–Trinajstić information content (AvgIpc) is 1.87. The normalized spacial score (nSPS) is 9.43. The van der Waals surface area contributed by atoms with Gasteiger partial charge in [0.1, 0.15) is 0 Å². The first-order chi connectivity index (χ1) is 3.29. The first-order valence-corrected chi connectivity index (χ1v) is 2.97. The molecule has 0 saturated carbocycles. The zero-order chi connectivity index (χ0) is 5.28. The quantitative estimate of drug-likeness (QED) is 0.603. The second kappa shape index (κ2) is 1.92. The van der Waals surface area contributed by atoms with Gasteiger partial charge in [-0.05, 0) is 28.1 Å². The third kappa shape index (κ3) is 1.24. The smallest absolute Gasteiger partial charge is 0.170 e. The lowest BCUT2D eigenvalue weighted by Gasteiger charge is -1.73. The molecule has 0 atom stereocenters. The SMILES string of the molecule is Sc1ccc(Br)o1. The lowest BCUT2D eigenvalue weighted by molar-refractivity contribution is 0.454. The van der Waals surface area contributed by atoms with E-state index in [1.54, 1.807) is 12.1 Å². The van der Waals surface area contributed by atoms with Crippen molar-refractivity contribution in [2.75, 3.05) is 0 Å². The van der Waals surface area contributed by atoms with Crippen LogP contribution in [-0.4, -0.2) is 0 Å². The van der Waals surface area contributed by atoms with E-state index in [1.807, 2.05) is 0 Å². The molecule has 1 heterocycles. The van der Waals surface area contributed by atoms with Crippen molar-refractivity contribution in [3.63, 3.8) is 0 Å². The Labute approximate surface area is 55.2 Å². The number of hydrogen-bond donors (Lipinski definition) is 1. The summed E-state index contributed by atoms with van der Waals surface area (Å²) >= 11 is 7.03. The molecular formula is C4H3BrOS. The molecule has 0 fully saturated rings. The molecule has 0 aromatic carbocycles. The minimum Gasteiger partial charge on any atom is -0.443 e. The molecule has 38 valence electrons. The maximum Gasteiger partial charge on any atom is 0.170 e. The van der Waals surface area contributed by atoms with Gasteiger partial charge in [0.15, 0.2) is 9.76 Å². The van der Waals surface area contributed by atoms with Crippen molar-refractivity contribution in [3.05, 3.63) is 16.8 Å². The molecule has 3 heteroatoms. The molecule has 7 heavy (non-hydrogen) atoms. The molecule has 0 aliphatic rings. The molecule has 0 amide bonds. The highest BCUT2D eigenvalue weighted by molar-refractivity contribution is 9.10. The summed E-state index contributed by atoms with van der Waals surface area (Å²) in [5.41, 5.74) is 0. The van der Waals surface area contributed by atoms with E-state index in [-0.39, 0.29) is 0 Å². The first-order valence-electron chi connectivity index (χ1n) is 1.73. The van der Waals surface area contributed by atoms with Gasteiger partial charge < -0.3 is 4.42 Å². The molecule has 0 N–H and O–H groups in total. The highest BCUT2D eigenvalue weighted by atomic mass is 79.9. The maximum atomic E-state index is 4.86. The van der Waals surface area contributed by atoms with Gasteiger partial charge in [0.25, 0.3) is 0 Å². The van der Waals surface area contributed by atoms with Gasteiger partial charge in [-0.15, -0.1) is 12.6 Å². The zero-order valence-corrected chi connectivity index (χ0v) is 5.87. The van der Waals surface area contributed by atoms with Crippen LogP contribution in [-0.2, 0) is 0 Å². The fourth-order valence-corrected chi connectivity index (χ4v) is 0.909. The van der Waals surface area contributed by atoms with Crippen LogP contribution in [0, 0.1) is 0 Å². The Hall–Kier alpha value is 0.110.